The van der Waals surface area contributed by atoms with Gasteiger partial charge >= 0.3 is 5.97 Å². The van der Waals surface area contributed by atoms with Crippen LogP contribution in [0.5, 0.6) is 0 Å². The third-order valence-corrected chi connectivity index (χ3v) is 0.942. The maximum Gasteiger partial charge on any atom is 0.302 e. The van der Waals surface area contributed by atoms with Crippen molar-refractivity contribution in [3.8, 4) is 0 Å². The van der Waals surface area contributed by atoms with Gasteiger partial charge in [-0.2, -0.15) is 0 Å². The Bertz CT molecular complexity index is 83.1. The summed E-state index contributed by atoms with van der Waals surface area (Å²) in [5.74, 6) is -0.195. The van der Waals surface area contributed by atoms with Gasteiger partial charge in [-0.15, -0.1) is 24.0 Å². The lowest BCUT2D eigenvalue weighted by atomic mass is 10.3. The summed E-state index contributed by atoms with van der Waals surface area (Å²) in [5.41, 5.74) is 0. The van der Waals surface area contributed by atoms with Crippen LogP contribution in [0, 0.1) is 0 Å². The van der Waals surface area contributed by atoms with Crippen LogP contribution in [0.25, 0.3) is 0 Å². The quantitative estimate of drug-likeness (QED) is 0.548. The smallest absolute Gasteiger partial charge is 0.302 e. The van der Waals surface area contributed by atoms with Crippen molar-refractivity contribution in [2.24, 2.45) is 0 Å². The highest BCUT2D eigenvalue weighted by atomic mass is 127. The molecule has 0 amide bonds. The standard InChI is InChI=1S/C6H12O2.HI/c1-4-5(2)8-6(3)7;/h5H,4H2,1-3H3;1H. The van der Waals surface area contributed by atoms with Crippen molar-refractivity contribution in [2.45, 2.75) is 33.3 Å². The Morgan fingerprint density at radius 1 is 1.67 bits per heavy atom. The van der Waals surface area contributed by atoms with Crippen molar-refractivity contribution >= 4 is 29.9 Å². The lowest BCUT2D eigenvalue weighted by Crippen LogP contribution is -2.09. The van der Waals surface area contributed by atoms with E-state index in [-0.39, 0.29) is 36.0 Å². The average molecular weight is 244 g/mol. The van der Waals surface area contributed by atoms with Crippen molar-refractivity contribution in [1.82, 2.24) is 0 Å². The molecule has 0 saturated heterocycles. The van der Waals surface area contributed by atoms with E-state index in [2.05, 4.69) is 0 Å². The highest BCUT2D eigenvalue weighted by molar-refractivity contribution is 14.0. The minimum Gasteiger partial charge on any atom is -0.463 e. The average Bonchev–Trinajstić information content (AvgIpc) is 1.65. The molecule has 0 aromatic carbocycles. The number of esters is 1. The molecule has 0 aromatic heterocycles. The minimum atomic E-state index is -0.195. The Hall–Kier alpha value is 0.200. The molecule has 0 fully saturated rings. The van der Waals surface area contributed by atoms with E-state index < -0.39 is 0 Å². The number of carbonyl (C=O) groups is 1. The summed E-state index contributed by atoms with van der Waals surface area (Å²) in [6.07, 6.45) is 0.965. The maximum absolute atomic E-state index is 10.2. The molecule has 3 heteroatoms. The molecule has 2 nitrogen and oxygen atoms in total. The van der Waals surface area contributed by atoms with E-state index in [0.29, 0.717) is 0 Å². The highest BCUT2D eigenvalue weighted by Crippen LogP contribution is 1.94. The van der Waals surface area contributed by atoms with Gasteiger partial charge in [-0.3, -0.25) is 4.79 Å². The van der Waals surface area contributed by atoms with E-state index in [9.17, 15) is 4.79 Å². The van der Waals surface area contributed by atoms with Gasteiger partial charge in [-0.1, -0.05) is 6.92 Å². The van der Waals surface area contributed by atoms with Crippen molar-refractivity contribution in [3.05, 3.63) is 0 Å². The second-order valence-electron chi connectivity index (χ2n) is 1.83. The first kappa shape index (κ1) is 11.9. The molecule has 9 heavy (non-hydrogen) atoms. The fourth-order valence-electron chi connectivity index (χ4n) is 0.367. The summed E-state index contributed by atoms with van der Waals surface area (Å²) < 4.78 is 4.76. The zero-order valence-electron chi connectivity index (χ0n) is 6.01. The molecule has 0 aromatic rings. The second kappa shape index (κ2) is 6.32. The van der Waals surface area contributed by atoms with Crippen molar-refractivity contribution in [2.75, 3.05) is 0 Å². The van der Waals surface area contributed by atoms with Gasteiger partial charge in [0.1, 0.15) is 0 Å². The molecule has 0 rings (SSSR count). The largest absolute Gasteiger partial charge is 0.463 e. The van der Waals surface area contributed by atoms with Crippen molar-refractivity contribution in [3.63, 3.8) is 0 Å². The number of rotatable bonds is 2. The Morgan fingerprint density at radius 2 is 2.11 bits per heavy atom. The molecule has 0 bridgehead atoms. The highest BCUT2D eigenvalue weighted by Gasteiger charge is 1.99. The van der Waals surface area contributed by atoms with E-state index in [0.717, 1.165) is 6.42 Å². The predicted molar refractivity (Wildman–Crippen MR) is 46.9 cm³/mol. The van der Waals surface area contributed by atoms with Gasteiger partial charge in [-0.05, 0) is 13.3 Å². The molecule has 0 aliphatic rings. The zero-order chi connectivity index (χ0) is 6.57. The number of carbonyl (C=O) groups excluding carboxylic acids is 1. The Labute approximate surface area is 73.0 Å². The van der Waals surface area contributed by atoms with E-state index in [4.69, 9.17) is 4.74 Å². The minimum absolute atomic E-state index is 0. The van der Waals surface area contributed by atoms with Gasteiger partial charge in [0.25, 0.3) is 0 Å². The van der Waals surface area contributed by atoms with Crippen molar-refractivity contribution in [1.29, 1.82) is 0 Å². The molecule has 0 aliphatic carbocycles. The number of ether oxygens (including phenoxy) is 1. The van der Waals surface area contributed by atoms with Crippen LogP contribution in [0.3, 0.4) is 0 Å². The molecule has 0 heterocycles. The second-order valence-corrected chi connectivity index (χ2v) is 1.83. The Kier molecular flexibility index (Phi) is 8.38. The molecule has 56 valence electrons. The predicted octanol–water partition coefficient (Wildman–Crippen LogP) is 1.97. The van der Waals surface area contributed by atoms with Crippen LogP contribution in [-0.4, -0.2) is 12.1 Å². The summed E-state index contributed by atoms with van der Waals surface area (Å²) in [4.78, 5) is 10.2. The van der Waals surface area contributed by atoms with Gasteiger partial charge in [0.2, 0.25) is 0 Å². The summed E-state index contributed by atoms with van der Waals surface area (Å²) in [6, 6.07) is 0. The molecule has 1 unspecified atom stereocenters. The maximum atomic E-state index is 10.2. The summed E-state index contributed by atoms with van der Waals surface area (Å²) in [7, 11) is 0. The Morgan fingerprint density at radius 3 is 2.22 bits per heavy atom. The molecule has 0 radical (unpaired) electrons. The van der Waals surface area contributed by atoms with Gasteiger partial charge in [-0.25, -0.2) is 0 Å². The van der Waals surface area contributed by atoms with E-state index in [1.807, 2.05) is 13.8 Å². The van der Waals surface area contributed by atoms with Gasteiger partial charge in [0.15, 0.2) is 0 Å². The molecule has 0 spiro atoms. The van der Waals surface area contributed by atoms with Crippen LogP contribution in [0.15, 0.2) is 0 Å². The first-order chi connectivity index (χ1) is 3.66. The fraction of sp³-hybridized carbons (Fsp3) is 0.833. The van der Waals surface area contributed by atoms with E-state index in [1.54, 1.807) is 0 Å². The SMILES string of the molecule is CCC(C)OC(C)=O.I. The third kappa shape index (κ3) is 8.20. The normalized spacial score (nSPS) is 11.4. The van der Waals surface area contributed by atoms with E-state index >= 15 is 0 Å². The van der Waals surface area contributed by atoms with Crippen LogP contribution in [0.1, 0.15) is 27.2 Å². The molecule has 0 saturated carbocycles. The lowest BCUT2D eigenvalue weighted by molar-refractivity contribution is -0.145. The van der Waals surface area contributed by atoms with Gasteiger partial charge < -0.3 is 4.74 Å². The fourth-order valence-corrected chi connectivity index (χ4v) is 0.367. The van der Waals surface area contributed by atoms with Gasteiger partial charge in [0, 0.05) is 6.92 Å². The van der Waals surface area contributed by atoms with Crippen molar-refractivity contribution < 1.29 is 9.53 Å². The summed E-state index contributed by atoms with van der Waals surface area (Å²) in [5, 5.41) is 0. The summed E-state index contributed by atoms with van der Waals surface area (Å²) >= 11 is 0. The topological polar surface area (TPSA) is 26.3 Å². The van der Waals surface area contributed by atoms with Gasteiger partial charge in [0.05, 0.1) is 6.10 Å². The Balaban J connectivity index is 0. The molecule has 1 atom stereocenters. The summed E-state index contributed by atoms with van der Waals surface area (Å²) in [6.45, 7) is 5.28. The molecular weight excluding hydrogens is 231 g/mol. The first-order valence-electron chi connectivity index (χ1n) is 2.84. The lowest BCUT2D eigenvalue weighted by Gasteiger charge is -2.06. The van der Waals surface area contributed by atoms with E-state index in [1.165, 1.54) is 6.92 Å². The molecule has 0 aliphatic heterocycles. The number of hydrogen-bond donors (Lipinski definition) is 0. The van der Waals surface area contributed by atoms with Crippen LogP contribution in [-0.2, 0) is 9.53 Å². The third-order valence-electron chi connectivity index (χ3n) is 0.942. The van der Waals surface area contributed by atoms with Crippen LogP contribution in [0.4, 0.5) is 0 Å². The molecule has 0 N–H and O–H groups in total. The van der Waals surface area contributed by atoms with Crippen LogP contribution in [0.2, 0.25) is 0 Å². The first-order valence-corrected chi connectivity index (χ1v) is 2.84. The molecular formula is C6H13IO2. The monoisotopic (exact) mass is 244 g/mol. The van der Waals surface area contributed by atoms with Crippen LogP contribution < -0.4 is 0 Å². The number of hydrogen-bond acceptors (Lipinski definition) is 2. The van der Waals surface area contributed by atoms with Crippen LogP contribution >= 0.6 is 24.0 Å². The number of halogens is 1. The zero-order valence-corrected chi connectivity index (χ0v) is 8.34.